The Morgan fingerprint density at radius 2 is 1.25 bits per heavy atom. The quantitative estimate of drug-likeness (QED) is 0.236. The molecule has 5 aromatic rings. The maximum Gasteiger partial charge on any atom is 0.295 e. The highest BCUT2D eigenvalue weighted by Crippen LogP contribution is 2.41. The first-order valence-corrected chi connectivity index (χ1v) is 11.4. The number of nitrogens with zero attached hydrogens (tertiary/aromatic N) is 2. The number of fused-ring (bicyclic) bond motifs is 2. The molecule has 0 aliphatic rings. The van der Waals surface area contributed by atoms with Crippen molar-refractivity contribution in [1.29, 1.82) is 0 Å². The largest absolute Gasteiger partial charge is 0.295 e. The predicted octanol–water partition coefficient (Wildman–Crippen LogP) is 7.32. The van der Waals surface area contributed by atoms with Crippen LogP contribution in [0.3, 0.4) is 0 Å². The molecule has 0 fully saturated rings. The molecule has 0 spiro atoms. The second-order valence-corrected chi connectivity index (χ2v) is 8.75. The lowest BCUT2D eigenvalue weighted by Gasteiger charge is -2.13. The van der Waals surface area contributed by atoms with Gasteiger partial charge in [-0.25, -0.2) is 0 Å². The minimum absolute atomic E-state index is 0.156. The molecule has 0 saturated carbocycles. The highest BCUT2D eigenvalue weighted by molar-refractivity contribution is 7.86. The summed E-state index contributed by atoms with van der Waals surface area (Å²) in [6.45, 7) is 0. The highest BCUT2D eigenvalue weighted by Gasteiger charge is 2.20. The average molecular weight is 439 g/mol. The topological polar surface area (TPSA) is 79.1 Å². The Kier molecular flexibility index (Phi) is 5.01. The number of hydrogen-bond donors (Lipinski definition) is 1. The molecule has 156 valence electrons. The molecular weight excluding hydrogens is 420 g/mol. The molecule has 0 amide bonds. The molecule has 32 heavy (non-hydrogen) atoms. The van der Waals surface area contributed by atoms with Crippen LogP contribution in [-0.2, 0) is 10.1 Å². The minimum atomic E-state index is -4.44. The van der Waals surface area contributed by atoms with Crippen LogP contribution in [0.1, 0.15) is 0 Å². The van der Waals surface area contributed by atoms with Crippen molar-refractivity contribution in [2.45, 2.75) is 4.90 Å². The molecule has 1 N–H and O–H groups in total. The van der Waals surface area contributed by atoms with Crippen molar-refractivity contribution in [1.82, 2.24) is 0 Å². The van der Waals surface area contributed by atoms with E-state index in [-0.39, 0.29) is 4.90 Å². The summed E-state index contributed by atoms with van der Waals surface area (Å²) >= 11 is 0. The smallest absolute Gasteiger partial charge is 0.282 e. The van der Waals surface area contributed by atoms with E-state index in [1.807, 2.05) is 78.9 Å². The van der Waals surface area contributed by atoms with Crippen LogP contribution in [0.4, 0.5) is 11.4 Å². The Hall–Kier alpha value is -3.87. The van der Waals surface area contributed by atoms with E-state index < -0.39 is 10.1 Å². The van der Waals surface area contributed by atoms with Gasteiger partial charge in [0.15, 0.2) is 0 Å². The van der Waals surface area contributed by atoms with Crippen LogP contribution >= 0.6 is 0 Å². The Bertz CT molecular complexity index is 1590. The van der Waals surface area contributed by atoms with Crippen LogP contribution in [-0.4, -0.2) is 13.0 Å². The molecule has 0 bridgehead atoms. The minimum Gasteiger partial charge on any atom is -0.282 e. The summed E-state index contributed by atoms with van der Waals surface area (Å²) in [6, 6.07) is 31.5. The number of azo groups is 1. The van der Waals surface area contributed by atoms with Crippen LogP contribution in [0.15, 0.2) is 118 Å². The van der Waals surface area contributed by atoms with Crippen molar-refractivity contribution in [3.8, 4) is 11.1 Å². The summed E-state index contributed by atoms with van der Waals surface area (Å²) in [5.74, 6) is 0. The molecular formula is C26H18N2O3S. The fourth-order valence-electron chi connectivity index (χ4n) is 3.89. The lowest BCUT2D eigenvalue weighted by molar-refractivity contribution is 0.484. The first kappa shape index (κ1) is 20.1. The second kappa shape index (κ2) is 8.00. The van der Waals surface area contributed by atoms with Crippen LogP contribution in [0.2, 0.25) is 0 Å². The Morgan fingerprint density at radius 1 is 0.625 bits per heavy atom. The molecule has 0 heterocycles. The van der Waals surface area contributed by atoms with E-state index in [2.05, 4.69) is 10.2 Å². The maximum atomic E-state index is 12.2. The molecule has 6 heteroatoms. The van der Waals surface area contributed by atoms with E-state index in [1.54, 1.807) is 18.2 Å². The van der Waals surface area contributed by atoms with Gasteiger partial charge in [0.1, 0.15) is 10.6 Å². The first-order valence-electron chi connectivity index (χ1n) is 10.0. The molecule has 5 rings (SSSR count). The first-order chi connectivity index (χ1) is 15.5. The van der Waals surface area contributed by atoms with Gasteiger partial charge in [-0.05, 0) is 23.1 Å². The van der Waals surface area contributed by atoms with Gasteiger partial charge in [0.2, 0.25) is 0 Å². The zero-order valence-corrected chi connectivity index (χ0v) is 17.7. The standard InChI is InChI=1S/C26H18N2O3S/c29-32(30,31)25-17-23(19-9-2-1-3-10-19)26(22-15-7-6-14-21(22)25)28-27-24-16-8-12-18-11-4-5-13-20(18)24/h1-17H,(H,29,30,31). The van der Waals surface area contributed by atoms with E-state index in [9.17, 15) is 13.0 Å². The molecule has 0 aliphatic heterocycles. The molecule has 0 unspecified atom stereocenters. The predicted molar refractivity (Wildman–Crippen MR) is 127 cm³/mol. The van der Waals surface area contributed by atoms with Crippen LogP contribution in [0.5, 0.6) is 0 Å². The normalized spacial score (nSPS) is 12.0. The van der Waals surface area contributed by atoms with Gasteiger partial charge in [-0.15, -0.1) is 10.2 Å². The van der Waals surface area contributed by atoms with E-state index >= 15 is 0 Å². The highest BCUT2D eigenvalue weighted by atomic mass is 32.2. The summed E-state index contributed by atoms with van der Waals surface area (Å²) in [5.41, 5.74) is 2.59. The van der Waals surface area contributed by atoms with Gasteiger partial charge in [0.25, 0.3) is 10.1 Å². The third kappa shape index (κ3) is 3.66. The van der Waals surface area contributed by atoms with Crippen LogP contribution < -0.4 is 0 Å². The molecule has 0 radical (unpaired) electrons. The molecule has 0 aliphatic carbocycles. The summed E-state index contributed by atoms with van der Waals surface area (Å²) in [7, 11) is -4.44. The van der Waals surface area contributed by atoms with Crippen molar-refractivity contribution in [2.75, 3.05) is 0 Å². The van der Waals surface area contributed by atoms with Gasteiger partial charge in [0, 0.05) is 21.7 Å². The van der Waals surface area contributed by atoms with Gasteiger partial charge >= 0.3 is 0 Å². The SMILES string of the molecule is O=S(=O)(O)c1cc(-c2ccccc2)c(N=Nc2cccc3ccccc23)c2ccccc12. The number of benzene rings is 5. The van der Waals surface area contributed by atoms with Crippen molar-refractivity contribution < 1.29 is 13.0 Å². The summed E-state index contributed by atoms with van der Waals surface area (Å²) in [5, 5.41) is 12.2. The van der Waals surface area contributed by atoms with E-state index in [1.165, 1.54) is 6.07 Å². The molecule has 0 saturated heterocycles. The number of rotatable bonds is 4. The fourth-order valence-corrected chi connectivity index (χ4v) is 4.61. The zero-order valence-electron chi connectivity index (χ0n) is 16.9. The van der Waals surface area contributed by atoms with E-state index in [4.69, 9.17) is 0 Å². The third-order valence-electron chi connectivity index (χ3n) is 5.37. The van der Waals surface area contributed by atoms with Gasteiger partial charge in [-0.2, -0.15) is 8.42 Å². The lowest BCUT2D eigenvalue weighted by Crippen LogP contribution is -2.00. The molecule has 5 nitrogen and oxygen atoms in total. The summed E-state index contributed by atoms with van der Waals surface area (Å²) in [6.07, 6.45) is 0. The van der Waals surface area contributed by atoms with Gasteiger partial charge < -0.3 is 0 Å². The molecule has 0 atom stereocenters. The second-order valence-electron chi connectivity index (χ2n) is 7.36. The van der Waals surface area contributed by atoms with E-state index in [0.29, 0.717) is 27.7 Å². The Balaban J connectivity index is 1.81. The third-order valence-corrected chi connectivity index (χ3v) is 6.26. The number of hydrogen-bond acceptors (Lipinski definition) is 4. The summed E-state index contributed by atoms with van der Waals surface area (Å²) in [4.78, 5) is -0.156. The fraction of sp³-hybridized carbons (Fsp3) is 0. The molecule has 5 aromatic carbocycles. The average Bonchev–Trinajstić information content (AvgIpc) is 2.82. The Labute approximate surface area is 185 Å². The van der Waals surface area contributed by atoms with Crippen LogP contribution in [0.25, 0.3) is 32.7 Å². The van der Waals surface area contributed by atoms with Gasteiger partial charge in [-0.3, -0.25) is 4.55 Å². The van der Waals surface area contributed by atoms with Crippen LogP contribution in [0, 0.1) is 0 Å². The van der Waals surface area contributed by atoms with Gasteiger partial charge in [-0.1, -0.05) is 91.0 Å². The van der Waals surface area contributed by atoms with Gasteiger partial charge in [0.05, 0.1) is 5.69 Å². The zero-order chi connectivity index (χ0) is 22.1. The monoisotopic (exact) mass is 438 g/mol. The summed E-state index contributed by atoms with van der Waals surface area (Å²) < 4.78 is 34.2. The van der Waals surface area contributed by atoms with Crippen molar-refractivity contribution in [3.63, 3.8) is 0 Å². The maximum absolute atomic E-state index is 12.2. The Morgan fingerprint density at radius 3 is 2.00 bits per heavy atom. The van der Waals surface area contributed by atoms with Crippen molar-refractivity contribution in [2.24, 2.45) is 10.2 Å². The van der Waals surface area contributed by atoms with Crippen molar-refractivity contribution in [3.05, 3.63) is 103 Å². The lowest BCUT2D eigenvalue weighted by atomic mass is 9.98. The van der Waals surface area contributed by atoms with Crippen molar-refractivity contribution >= 4 is 43.0 Å². The van der Waals surface area contributed by atoms with E-state index in [0.717, 1.165) is 16.3 Å². The molecule has 0 aromatic heterocycles.